The maximum atomic E-state index is 12.1. The lowest BCUT2D eigenvalue weighted by atomic mass is 9.71. The number of carbonyl (C=O) groups excluding carboxylic acids is 1. The molecule has 1 aromatic carbocycles. The standard InChI is InChI=1S/C29H45BN2O5/c1-20-18-23-22(19-31-32(23)24-15-12-13-17-34-24)26(30-36-28(5,6)29(7,8)37-30)21(20)14-10-9-11-16-25(33)35-27(2,3)4/h18-19,24H,9-17H2,1-8H3. The summed E-state index contributed by atoms with van der Waals surface area (Å²) in [4.78, 5) is 12.1. The Labute approximate surface area is 222 Å². The van der Waals surface area contributed by atoms with Crippen LogP contribution >= 0.6 is 0 Å². The number of esters is 1. The molecular formula is C29H45BN2O5. The second kappa shape index (κ2) is 10.7. The van der Waals surface area contributed by atoms with E-state index in [2.05, 4.69) is 40.7 Å². The zero-order chi connectivity index (χ0) is 27.0. The van der Waals surface area contributed by atoms with Crippen LogP contribution in [0.3, 0.4) is 0 Å². The topological polar surface area (TPSA) is 71.8 Å². The highest BCUT2D eigenvalue weighted by Crippen LogP contribution is 2.38. The minimum atomic E-state index is -0.464. The number of unbranched alkanes of at least 4 members (excludes halogenated alkanes) is 2. The van der Waals surface area contributed by atoms with Crippen molar-refractivity contribution in [3.63, 3.8) is 0 Å². The van der Waals surface area contributed by atoms with Gasteiger partial charge in [-0.25, -0.2) is 4.68 Å². The Kier molecular flexibility index (Phi) is 8.13. The predicted octanol–water partition coefficient (Wildman–Crippen LogP) is 5.79. The number of ether oxygens (including phenoxy) is 2. The fraction of sp³-hybridized carbons (Fsp3) is 0.724. The molecule has 7 nitrogen and oxygen atoms in total. The van der Waals surface area contributed by atoms with Crippen LogP contribution in [-0.4, -0.2) is 46.3 Å². The molecule has 0 amide bonds. The van der Waals surface area contributed by atoms with Gasteiger partial charge in [0.15, 0.2) is 6.23 Å². The van der Waals surface area contributed by atoms with E-state index in [1.165, 1.54) is 11.1 Å². The Morgan fingerprint density at radius 1 is 1.14 bits per heavy atom. The van der Waals surface area contributed by atoms with Gasteiger partial charge >= 0.3 is 13.1 Å². The summed E-state index contributed by atoms with van der Waals surface area (Å²) >= 11 is 0. The summed E-state index contributed by atoms with van der Waals surface area (Å²) in [7, 11) is -0.464. The van der Waals surface area contributed by atoms with Crippen LogP contribution in [0, 0.1) is 6.92 Å². The van der Waals surface area contributed by atoms with Gasteiger partial charge in [0.2, 0.25) is 0 Å². The second-order valence-electron chi connectivity index (χ2n) is 12.7. The van der Waals surface area contributed by atoms with Crippen molar-refractivity contribution in [1.29, 1.82) is 0 Å². The molecule has 204 valence electrons. The van der Waals surface area contributed by atoms with Gasteiger partial charge in [0.1, 0.15) is 5.60 Å². The number of aromatic nitrogens is 2. The van der Waals surface area contributed by atoms with Crippen LogP contribution in [0.5, 0.6) is 0 Å². The zero-order valence-corrected chi connectivity index (χ0v) is 24.1. The molecule has 0 spiro atoms. The largest absolute Gasteiger partial charge is 0.495 e. The van der Waals surface area contributed by atoms with Gasteiger partial charge in [-0.3, -0.25) is 4.79 Å². The van der Waals surface area contributed by atoms with Crippen LogP contribution in [0.25, 0.3) is 10.9 Å². The average Bonchev–Trinajstić information content (AvgIpc) is 3.29. The van der Waals surface area contributed by atoms with E-state index in [-0.39, 0.29) is 12.2 Å². The van der Waals surface area contributed by atoms with Crippen molar-refractivity contribution in [2.24, 2.45) is 0 Å². The first-order valence-electron chi connectivity index (χ1n) is 14.0. The van der Waals surface area contributed by atoms with E-state index in [0.29, 0.717) is 6.42 Å². The van der Waals surface area contributed by atoms with Gasteiger partial charge in [0.25, 0.3) is 0 Å². The Morgan fingerprint density at radius 3 is 2.46 bits per heavy atom. The monoisotopic (exact) mass is 512 g/mol. The average molecular weight is 513 g/mol. The summed E-state index contributed by atoms with van der Waals surface area (Å²) in [5, 5.41) is 5.86. The van der Waals surface area contributed by atoms with Gasteiger partial charge in [-0.2, -0.15) is 5.10 Å². The van der Waals surface area contributed by atoms with Gasteiger partial charge in [0, 0.05) is 18.4 Å². The molecule has 2 saturated heterocycles. The molecule has 1 aromatic heterocycles. The number of fused-ring (bicyclic) bond motifs is 1. The van der Waals surface area contributed by atoms with Gasteiger partial charge in [-0.1, -0.05) is 6.42 Å². The summed E-state index contributed by atoms with van der Waals surface area (Å²) in [6, 6.07) is 2.24. The normalized spacial score (nSPS) is 21.5. The van der Waals surface area contributed by atoms with E-state index in [0.717, 1.165) is 67.9 Å². The third kappa shape index (κ3) is 6.23. The van der Waals surface area contributed by atoms with E-state index in [4.69, 9.17) is 23.9 Å². The lowest BCUT2D eigenvalue weighted by molar-refractivity contribution is -0.154. The first-order valence-corrected chi connectivity index (χ1v) is 14.0. The highest BCUT2D eigenvalue weighted by molar-refractivity contribution is 6.65. The zero-order valence-electron chi connectivity index (χ0n) is 24.1. The van der Waals surface area contributed by atoms with E-state index >= 15 is 0 Å². The van der Waals surface area contributed by atoms with Gasteiger partial charge < -0.3 is 18.8 Å². The third-order valence-electron chi connectivity index (χ3n) is 7.92. The van der Waals surface area contributed by atoms with E-state index in [1.807, 2.05) is 31.6 Å². The van der Waals surface area contributed by atoms with Crippen molar-refractivity contribution in [1.82, 2.24) is 9.78 Å². The highest BCUT2D eigenvalue weighted by Gasteiger charge is 2.53. The van der Waals surface area contributed by atoms with Crippen molar-refractivity contribution in [2.75, 3.05) is 6.61 Å². The molecule has 8 heteroatoms. The lowest BCUT2D eigenvalue weighted by Crippen LogP contribution is -2.41. The van der Waals surface area contributed by atoms with Crippen molar-refractivity contribution >= 4 is 29.5 Å². The van der Waals surface area contributed by atoms with E-state index < -0.39 is 23.9 Å². The van der Waals surface area contributed by atoms with Crippen LogP contribution in [0.15, 0.2) is 12.3 Å². The molecule has 4 rings (SSSR count). The highest BCUT2D eigenvalue weighted by atomic mass is 16.7. The maximum Gasteiger partial charge on any atom is 0.495 e. The number of aryl methyl sites for hydroxylation is 1. The third-order valence-corrected chi connectivity index (χ3v) is 7.92. The molecule has 37 heavy (non-hydrogen) atoms. The maximum absolute atomic E-state index is 12.1. The van der Waals surface area contributed by atoms with Crippen molar-refractivity contribution in [2.45, 2.75) is 130 Å². The molecule has 0 bridgehead atoms. The fourth-order valence-corrected chi connectivity index (χ4v) is 5.24. The molecule has 1 atom stereocenters. The van der Waals surface area contributed by atoms with Crippen LogP contribution in [0.1, 0.15) is 111 Å². The molecule has 0 radical (unpaired) electrons. The Hall–Kier alpha value is -1.90. The minimum absolute atomic E-state index is 0.0319. The molecule has 0 aliphatic carbocycles. The van der Waals surface area contributed by atoms with Crippen molar-refractivity contribution in [3.05, 3.63) is 23.4 Å². The second-order valence-corrected chi connectivity index (χ2v) is 12.7. The van der Waals surface area contributed by atoms with E-state index in [1.54, 1.807) is 0 Å². The quantitative estimate of drug-likeness (QED) is 0.253. The van der Waals surface area contributed by atoms with Gasteiger partial charge in [-0.05, 0) is 117 Å². The molecular weight excluding hydrogens is 467 g/mol. The molecule has 1 unspecified atom stereocenters. The molecule has 0 N–H and O–H groups in total. The first kappa shape index (κ1) is 28.1. The summed E-state index contributed by atoms with van der Waals surface area (Å²) in [6.45, 7) is 17.0. The molecule has 0 saturated carbocycles. The Bertz CT molecular complexity index is 1100. The number of benzene rings is 1. The Balaban J connectivity index is 1.59. The summed E-state index contributed by atoms with van der Waals surface area (Å²) in [6.07, 6.45) is 9.24. The van der Waals surface area contributed by atoms with Crippen molar-refractivity contribution in [3.8, 4) is 0 Å². The smallest absolute Gasteiger partial charge is 0.460 e. The molecule has 3 heterocycles. The lowest BCUT2D eigenvalue weighted by Gasteiger charge is -2.32. The minimum Gasteiger partial charge on any atom is -0.460 e. The van der Waals surface area contributed by atoms with Crippen molar-refractivity contribution < 1.29 is 23.6 Å². The number of nitrogens with zero attached hydrogens (tertiary/aromatic N) is 2. The summed E-state index contributed by atoms with van der Waals surface area (Å²) < 4.78 is 26.7. The summed E-state index contributed by atoms with van der Waals surface area (Å²) in [5.41, 5.74) is 3.33. The van der Waals surface area contributed by atoms with Crippen LogP contribution in [0.4, 0.5) is 0 Å². The molecule has 2 aliphatic rings. The van der Waals surface area contributed by atoms with E-state index in [9.17, 15) is 4.79 Å². The Morgan fingerprint density at radius 2 is 1.84 bits per heavy atom. The molecule has 2 fully saturated rings. The van der Waals surface area contributed by atoms with Gasteiger partial charge in [-0.15, -0.1) is 0 Å². The summed E-state index contributed by atoms with van der Waals surface area (Å²) in [5.74, 6) is -0.125. The molecule has 2 aliphatic heterocycles. The van der Waals surface area contributed by atoms with Crippen LogP contribution in [-0.2, 0) is 30.0 Å². The number of hydrogen-bond acceptors (Lipinski definition) is 6. The van der Waals surface area contributed by atoms with Crippen LogP contribution < -0.4 is 5.46 Å². The number of hydrogen-bond donors (Lipinski definition) is 0. The molecule has 2 aromatic rings. The fourth-order valence-electron chi connectivity index (χ4n) is 5.24. The first-order chi connectivity index (χ1) is 17.3. The number of rotatable bonds is 8. The van der Waals surface area contributed by atoms with Crippen LogP contribution in [0.2, 0.25) is 0 Å². The number of carbonyl (C=O) groups is 1. The predicted molar refractivity (Wildman–Crippen MR) is 147 cm³/mol. The SMILES string of the molecule is Cc1cc2c(cnn2C2CCCCO2)c(B2OC(C)(C)C(C)(C)O2)c1CCCCCC(=O)OC(C)(C)C. The van der Waals surface area contributed by atoms with Gasteiger partial charge in [0.05, 0.1) is 22.9 Å².